The van der Waals surface area contributed by atoms with Crippen molar-refractivity contribution in [3.8, 4) is 0 Å². The predicted molar refractivity (Wildman–Crippen MR) is 91.9 cm³/mol. The van der Waals surface area contributed by atoms with E-state index in [4.69, 9.17) is 27.9 Å². The minimum atomic E-state index is 0.179. The maximum atomic E-state index is 6.05. The summed E-state index contributed by atoms with van der Waals surface area (Å²) >= 11 is 12.0. The lowest BCUT2D eigenvalue weighted by molar-refractivity contribution is 0.0277. The molecule has 2 aromatic rings. The molecule has 116 valence electrons. The van der Waals surface area contributed by atoms with Crippen molar-refractivity contribution in [2.24, 2.45) is 0 Å². The van der Waals surface area contributed by atoms with Crippen molar-refractivity contribution in [3.63, 3.8) is 0 Å². The number of hydrogen-bond acceptors (Lipinski definition) is 2. The van der Waals surface area contributed by atoms with Crippen LogP contribution in [0.15, 0.2) is 42.5 Å². The molecule has 2 aromatic carbocycles. The number of nitrogens with one attached hydrogen (secondary N) is 1. The molecule has 1 saturated heterocycles. The summed E-state index contributed by atoms with van der Waals surface area (Å²) in [6.45, 7) is 2.62. The summed E-state index contributed by atoms with van der Waals surface area (Å²) in [7, 11) is 0. The molecule has 0 bridgehead atoms. The van der Waals surface area contributed by atoms with Crippen molar-refractivity contribution in [1.29, 1.82) is 0 Å². The summed E-state index contributed by atoms with van der Waals surface area (Å²) in [5.41, 5.74) is 3.77. The molecule has 1 aliphatic heterocycles. The Kier molecular flexibility index (Phi) is 5.37. The monoisotopic (exact) mass is 335 g/mol. The second-order valence-electron chi connectivity index (χ2n) is 5.55. The first kappa shape index (κ1) is 15.8. The summed E-state index contributed by atoms with van der Waals surface area (Å²) in [6.07, 6.45) is 2.12. The van der Waals surface area contributed by atoms with Gasteiger partial charge in [-0.05, 0) is 41.7 Å². The highest BCUT2D eigenvalue weighted by molar-refractivity contribution is 6.42. The number of halogens is 2. The summed E-state index contributed by atoms with van der Waals surface area (Å²) in [5, 5.41) is 4.59. The van der Waals surface area contributed by atoms with Crippen LogP contribution in [0.25, 0.3) is 0 Å². The Morgan fingerprint density at radius 3 is 2.36 bits per heavy atom. The SMILES string of the molecule is Clc1ccc(CCc2ccc([C@H]3CNCCO3)cc2)cc1Cl. The molecule has 0 aromatic heterocycles. The van der Waals surface area contributed by atoms with Crippen LogP contribution in [0.4, 0.5) is 0 Å². The summed E-state index contributed by atoms with van der Waals surface area (Å²) in [6, 6.07) is 14.5. The Hall–Kier alpha value is -1.06. The van der Waals surface area contributed by atoms with Crippen molar-refractivity contribution in [1.82, 2.24) is 5.32 Å². The van der Waals surface area contributed by atoms with Gasteiger partial charge in [0.05, 0.1) is 22.8 Å². The lowest BCUT2D eigenvalue weighted by atomic mass is 10.0. The number of hydrogen-bond donors (Lipinski definition) is 1. The lowest BCUT2D eigenvalue weighted by Gasteiger charge is -2.24. The molecule has 0 spiro atoms. The molecule has 3 rings (SSSR count). The fourth-order valence-corrected chi connectivity index (χ4v) is 2.98. The van der Waals surface area contributed by atoms with E-state index in [1.165, 1.54) is 16.7 Å². The smallest absolute Gasteiger partial charge is 0.0949 e. The molecule has 0 aliphatic carbocycles. The van der Waals surface area contributed by atoms with Crippen molar-refractivity contribution in [3.05, 3.63) is 69.2 Å². The Morgan fingerprint density at radius 1 is 0.955 bits per heavy atom. The zero-order valence-corrected chi connectivity index (χ0v) is 13.8. The topological polar surface area (TPSA) is 21.3 Å². The van der Waals surface area contributed by atoms with Crippen molar-refractivity contribution >= 4 is 23.2 Å². The number of rotatable bonds is 4. The van der Waals surface area contributed by atoms with Crippen molar-refractivity contribution < 1.29 is 4.74 Å². The van der Waals surface area contributed by atoms with Crippen LogP contribution in [0.1, 0.15) is 22.8 Å². The molecular weight excluding hydrogens is 317 g/mol. The molecule has 4 heteroatoms. The second-order valence-corrected chi connectivity index (χ2v) is 6.37. The van der Waals surface area contributed by atoms with Gasteiger partial charge >= 0.3 is 0 Å². The van der Waals surface area contributed by atoms with E-state index in [-0.39, 0.29) is 6.10 Å². The first-order valence-electron chi connectivity index (χ1n) is 7.57. The average molecular weight is 336 g/mol. The van der Waals surface area contributed by atoms with Gasteiger partial charge in [-0.3, -0.25) is 0 Å². The first-order valence-corrected chi connectivity index (χ1v) is 8.33. The van der Waals surface area contributed by atoms with Crippen LogP contribution in [0.2, 0.25) is 10.0 Å². The van der Waals surface area contributed by atoms with Gasteiger partial charge in [-0.15, -0.1) is 0 Å². The maximum Gasteiger partial charge on any atom is 0.0949 e. The minimum Gasteiger partial charge on any atom is -0.371 e. The number of benzene rings is 2. The Morgan fingerprint density at radius 2 is 1.68 bits per heavy atom. The molecule has 1 N–H and O–H groups in total. The van der Waals surface area contributed by atoms with Gasteiger partial charge in [0, 0.05) is 13.1 Å². The van der Waals surface area contributed by atoms with Gasteiger partial charge in [0.15, 0.2) is 0 Å². The highest BCUT2D eigenvalue weighted by Gasteiger charge is 2.15. The molecule has 1 aliphatic rings. The zero-order valence-electron chi connectivity index (χ0n) is 12.3. The average Bonchev–Trinajstić information content (AvgIpc) is 2.57. The van der Waals surface area contributed by atoms with Crippen LogP contribution >= 0.6 is 23.2 Å². The zero-order chi connectivity index (χ0) is 15.4. The fourth-order valence-electron chi connectivity index (χ4n) is 2.66. The van der Waals surface area contributed by atoms with Gasteiger partial charge < -0.3 is 10.1 Å². The largest absolute Gasteiger partial charge is 0.371 e. The van der Waals surface area contributed by atoms with Gasteiger partial charge in [-0.1, -0.05) is 53.5 Å². The Balaban J connectivity index is 1.59. The van der Waals surface area contributed by atoms with Crippen LogP contribution in [0, 0.1) is 0 Å². The molecule has 0 saturated carbocycles. The van der Waals surface area contributed by atoms with Crippen LogP contribution < -0.4 is 5.32 Å². The van der Waals surface area contributed by atoms with E-state index >= 15 is 0 Å². The molecule has 2 nitrogen and oxygen atoms in total. The predicted octanol–water partition coefficient (Wildman–Crippen LogP) is 4.44. The molecule has 1 fully saturated rings. The van der Waals surface area contributed by atoms with Gasteiger partial charge in [0.25, 0.3) is 0 Å². The third kappa shape index (κ3) is 4.02. The van der Waals surface area contributed by atoms with Gasteiger partial charge in [-0.25, -0.2) is 0 Å². The van der Waals surface area contributed by atoms with Crippen molar-refractivity contribution in [2.75, 3.05) is 19.7 Å². The van der Waals surface area contributed by atoms with Crippen molar-refractivity contribution in [2.45, 2.75) is 18.9 Å². The summed E-state index contributed by atoms with van der Waals surface area (Å²) < 4.78 is 5.77. The first-order chi connectivity index (χ1) is 10.7. The van der Waals surface area contributed by atoms with E-state index < -0.39 is 0 Å². The van der Waals surface area contributed by atoms with E-state index in [2.05, 4.69) is 29.6 Å². The van der Waals surface area contributed by atoms with Crippen LogP contribution in [0.3, 0.4) is 0 Å². The van der Waals surface area contributed by atoms with Gasteiger partial charge in [0.2, 0.25) is 0 Å². The van der Waals surface area contributed by atoms with E-state index in [0.29, 0.717) is 10.0 Å². The van der Waals surface area contributed by atoms with Crippen LogP contribution in [-0.4, -0.2) is 19.7 Å². The molecule has 0 radical (unpaired) electrons. The van der Waals surface area contributed by atoms with Crippen LogP contribution in [0.5, 0.6) is 0 Å². The highest BCUT2D eigenvalue weighted by atomic mass is 35.5. The summed E-state index contributed by atoms with van der Waals surface area (Å²) in [4.78, 5) is 0. The lowest BCUT2D eigenvalue weighted by Crippen LogP contribution is -2.33. The van der Waals surface area contributed by atoms with E-state index in [0.717, 1.165) is 32.5 Å². The van der Waals surface area contributed by atoms with Gasteiger partial charge in [0.1, 0.15) is 0 Å². The van der Waals surface area contributed by atoms with E-state index in [1.54, 1.807) is 0 Å². The highest BCUT2D eigenvalue weighted by Crippen LogP contribution is 2.24. The molecule has 0 unspecified atom stereocenters. The van der Waals surface area contributed by atoms with Crippen LogP contribution in [-0.2, 0) is 17.6 Å². The normalized spacial score (nSPS) is 18.4. The molecule has 0 amide bonds. The standard InChI is InChI=1S/C18H19Cl2NO/c19-16-8-5-14(11-17(16)20)2-1-13-3-6-15(7-4-13)18-12-21-9-10-22-18/h3-8,11,18,21H,1-2,9-10,12H2/t18-/m1/s1. The number of morpholine rings is 1. The molecule has 1 atom stereocenters. The second kappa shape index (κ2) is 7.47. The maximum absolute atomic E-state index is 6.05. The van der Waals surface area contributed by atoms with E-state index in [9.17, 15) is 0 Å². The third-order valence-corrected chi connectivity index (χ3v) is 4.70. The fraction of sp³-hybridized carbons (Fsp3) is 0.333. The minimum absolute atomic E-state index is 0.179. The number of ether oxygens (including phenoxy) is 1. The third-order valence-electron chi connectivity index (χ3n) is 3.97. The molecule has 22 heavy (non-hydrogen) atoms. The Bertz CT molecular complexity index is 621. The summed E-state index contributed by atoms with van der Waals surface area (Å²) in [5.74, 6) is 0. The number of aryl methyl sites for hydroxylation is 2. The Labute approximate surface area is 141 Å². The quantitative estimate of drug-likeness (QED) is 0.891. The van der Waals surface area contributed by atoms with Gasteiger partial charge in [-0.2, -0.15) is 0 Å². The van der Waals surface area contributed by atoms with E-state index in [1.807, 2.05) is 18.2 Å². The molecule has 1 heterocycles. The molecular formula is C18H19Cl2NO.